The van der Waals surface area contributed by atoms with E-state index in [1.807, 2.05) is 0 Å². The fraction of sp³-hybridized carbons (Fsp3) is 0.545. The van der Waals surface area contributed by atoms with Gasteiger partial charge in [-0.1, -0.05) is 0 Å². The number of nitrogens with zero attached hydrogens (tertiary/aromatic N) is 2. The van der Waals surface area contributed by atoms with E-state index in [4.69, 9.17) is 0 Å². The summed E-state index contributed by atoms with van der Waals surface area (Å²) in [6.45, 7) is 2.30. The van der Waals surface area contributed by atoms with Crippen molar-refractivity contribution in [2.75, 3.05) is 33.1 Å². The van der Waals surface area contributed by atoms with Gasteiger partial charge in [0, 0.05) is 31.9 Å². The minimum atomic E-state index is -0.443. The molecule has 0 aromatic carbocycles. The molecule has 0 unspecified atom stereocenters. The average molecular weight is 271 g/mol. The molecule has 0 aliphatic rings. The Kier molecular flexibility index (Phi) is 5.08. The maximum absolute atomic E-state index is 11.4. The Morgan fingerprint density at radius 2 is 2.11 bits per heavy atom. The summed E-state index contributed by atoms with van der Waals surface area (Å²) in [6.07, 6.45) is 0.388. The molecule has 6 nitrogen and oxygen atoms in total. The Morgan fingerprint density at radius 3 is 2.67 bits per heavy atom. The Balaban J connectivity index is 2.54. The van der Waals surface area contributed by atoms with Crippen molar-refractivity contribution < 1.29 is 14.3 Å². The van der Waals surface area contributed by atoms with Crippen molar-refractivity contribution in [1.82, 2.24) is 9.88 Å². The molecule has 1 rings (SSSR count). The molecule has 0 aliphatic carbocycles. The number of carbonyl (C=O) groups excluding carboxylic acids is 2. The van der Waals surface area contributed by atoms with Crippen LogP contribution in [0, 0.1) is 6.92 Å². The summed E-state index contributed by atoms with van der Waals surface area (Å²) in [6, 6.07) is 0. The van der Waals surface area contributed by atoms with Crippen LogP contribution in [0.1, 0.15) is 21.8 Å². The number of aryl methyl sites for hydroxylation is 1. The summed E-state index contributed by atoms with van der Waals surface area (Å²) < 4.78 is 4.62. The Labute approximate surface area is 110 Å². The zero-order chi connectivity index (χ0) is 13.7. The summed E-state index contributed by atoms with van der Waals surface area (Å²) in [7, 11) is 4.75. The van der Waals surface area contributed by atoms with Crippen LogP contribution in [-0.2, 0) is 9.53 Å². The van der Waals surface area contributed by atoms with Crippen molar-refractivity contribution in [2.45, 2.75) is 13.3 Å². The van der Waals surface area contributed by atoms with Gasteiger partial charge >= 0.3 is 5.97 Å². The Morgan fingerprint density at radius 1 is 1.44 bits per heavy atom. The first-order valence-corrected chi connectivity index (χ1v) is 6.27. The van der Waals surface area contributed by atoms with E-state index in [0.29, 0.717) is 23.8 Å². The van der Waals surface area contributed by atoms with Crippen LogP contribution in [0.2, 0.25) is 0 Å². The van der Waals surface area contributed by atoms with E-state index in [1.165, 1.54) is 23.3 Å². The lowest BCUT2D eigenvalue weighted by Gasteiger charge is -2.09. The van der Waals surface area contributed by atoms with Gasteiger partial charge in [-0.15, -0.1) is 11.3 Å². The summed E-state index contributed by atoms with van der Waals surface area (Å²) in [4.78, 5) is 29.2. The standard InChI is InChI=1S/C11H17N3O3S/c1-7-9(10(16)17-4)13-11(18-7)12-6-5-8(15)14(2)3/h5-6H2,1-4H3,(H,12,13). The molecule has 0 radical (unpaired) electrons. The third kappa shape index (κ3) is 3.69. The van der Waals surface area contributed by atoms with Gasteiger partial charge in [-0.05, 0) is 6.92 Å². The molecule has 18 heavy (non-hydrogen) atoms. The normalized spacial score (nSPS) is 10.0. The molecule has 0 saturated carbocycles. The quantitative estimate of drug-likeness (QED) is 0.813. The van der Waals surface area contributed by atoms with Crippen molar-refractivity contribution in [1.29, 1.82) is 0 Å². The first-order valence-electron chi connectivity index (χ1n) is 5.45. The predicted octanol–water partition coefficient (Wildman–Crippen LogP) is 1.13. The molecule has 0 saturated heterocycles. The molecule has 1 aromatic heterocycles. The smallest absolute Gasteiger partial charge is 0.357 e. The summed E-state index contributed by atoms with van der Waals surface area (Å²) in [5, 5.41) is 3.65. The molecule has 0 spiro atoms. The molecule has 0 fully saturated rings. The van der Waals surface area contributed by atoms with E-state index in [-0.39, 0.29) is 5.91 Å². The van der Waals surface area contributed by atoms with E-state index in [0.717, 1.165) is 4.88 Å². The number of carbonyl (C=O) groups is 2. The molecular weight excluding hydrogens is 254 g/mol. The van der Waals surface area contributed by atoms with E-state index < -0.39 is 5.97 Å². The van der Waals surface area contributed by atoms with Gasteiger partial charge in [0.1, 0.15) is 0 Å². The van der Waals surface area contributed by atoms with Crippen molar-refractivity contribution in [3.63, 3.8) is 0 Å². The molecule has 0 atom stereocenters. The van der Waals surface area contributed by atoms with E-state index >= 15 is 0 Å². The van der Waals surface area contributed by atoms with Crippen LogP contribution in [-0.4, -0.2) is 49.5 Å². The topological polar surface area (TPSA) is 71.5 Å². The SMILES string of the molecule is COC(=O)c1nc(NCCC(=O)N(C)C)sc1C. The predicted molar refractivity (Wildman–Crippen MR) is 70.0 cm³/mol. The zero-order valence-electron chi connectivity index (χ0n) is 10.9. The summed E-state index contributed by atoms with van der Waals surface area (Å²) in [5.74, 6) is -0.398. The van der Waals surface area contributed by atoms with E-state index in [9.17, 15) is 9.59 Å². The number of methoxy groups -OCH3 is 1. The van der Waals surface area contributed by atoms with Crippen LogP contribution in [0.15, 0.2) is 0 Å². The maximum atomic E-state index is 11.4. The van der Waals surface area contributed by atoms with Crippen LogP contribution in [0.4, 0.5) is 5.13 Å². The van der Waals surface area contributed by atoms with Crippen molar-refractivity contribution in [3.8, 4) is 0 Å². The number of aromatic nitrogens is 1. The summed E-state index contributed by atoms with van der Waals surface area (Å²) in [5.41, 5.74) is 0.323. The highest BCUT2D eigenvalue weighted by Crippen LogP contribution is 2.22. The lowest BCUT2D eigenvalue weighted by atomic mass is 10.4. The van der Waals surface area contributed by atoms with Gasteiger partial charge in [0.25, 0.3) is 0 Å². The van der Waals surface area contributed by atoms with Gasteiger partial charge in [-0.25, -0.2) is 9.78 Å². The first-order chi connectivity index (χ1) is 8.45. The fourth-order valence-electron chi connectivity index (χ4n) is 1.26. The first kappa shape index (κ1) is 14.4. The third-order valence-electron chi connectivity index (χ3n) is 2.29. The van der Waals surface area contributed by atoms with E-state index in [2.05, 4.69) is 15.0 Å². The third-order valence-corrected chi connectivity index (χ3v) is 3.22. The van der Waals surface area contributed by atoms with Crippen molar-refractivity contribution in [2.24, 2.45) is 0 Å². The minimum Gasteiger partial charge on any atom is -0.464 e. The second kappa shape index (κ2) is 6.34. The Bertz CT molecular complexity index is 443. The van der Waals surface area contributed by atoms with Gasteiger partial charge in [-0.2, -0.15) is 0 Å². The van der Waals surface area contributed by atoms with Gasteiger partial charge in [0.15, 0.2) is 10.8 Å². The molecule has 1 N–H and O–H groups in total. The van der Waals surface area contributed by atoms with Crippen LogP contribution < -0.4 is 5.32 Å². The van der Waals surface area contributed by atoms with Gasteiger partial charge < -0.3 is 15.0 Å². The molecule has 1 amide bonds. The maximum Gasteiger partial charge on any atom is 0.357 e. The van der Waals surface area contributed by atoms with Crippen LogP contribution >= 0.6 is 11.3 Å². The lowest BCUT2D eigenvalue weighted by molar-refractivity contribution is -0.128. The van der Waals surface area contributed by atoms with Gasteiger partial charge in [-0.3, -0.25) is 4.79 Å². The number of ether oxygens (including phenoxy) is 1. The van der Waals surface area contributed by atoms with Crippen LogP contribution in [0.3, 0.4) is 0 Å². The van der Waals surface area contributed by atoms with Crippen LogP contribution in [0.25, 0.3) is 0 Å². The lowest BCUT2D eigenvalue weighted by Crippen LogP contribution is -2.23. The number of hydrogen-bond donors (Lipinski definition) is 1. The highest BCUT2D eigenvalue weighted by molar-refractivity contribution is 7.15. The zero-order valence-corrected chi connectivity index (χ0v) is 11.8. The number of anilines is 1. The van der Waals surface area contributed by atoms with Crippen LogP contribution in [0.5, 0.6) is 0 Å². The number of esters is 1. The fourth-order valence-corrected chi connectivity index (χ4v) is 2.08. The molecular formula is C11H17N3O3S. The monoisotopic (exact) mass is 271 g/mol. The van der Waals surface area contributed by atoms with Crippen molar-refractivity contribution >= 4 is 28.3 Å². The molecule has 100 valence electrons. The number of amides is 1. The average Bonchev–Trinajstić information content (AvgIpc) is 2.69. The Hall–Kier alpha value is -1.63. The highest BCUT2D eigenvalue weighted by atomic mass is 32.1. The van der Waals surface area contributed by atoms with Gasteiger partial charge in [0.05, 0.1) is 7.11 Å². The number of thiazole rings is 1. The largest absolute Gasteiger partial charge is 0.464 e. The van der Waals surface area contributed by atoms with Gasteiger partial charge in [0.2, 0.25) is 5.91 Å². The number of rotatable bonds is 5. The molecule has 0 bridgehead atoms. The number of nitrogens with one attached hydrogen (secondary N) is 1. The minimum absolute atomic E-state index is 0.0453. The molecule has 7 heteroatoms. The molecule has 1 heterocycles. The number of hydrogen-bond acceptors (Lipinski definition) is 6. The summed E-state index contributed by atoms with van der Waals surface area (Å²) >= 11 is 1.37. The highest BCUT2D eigenvalue weighted by Gasteiger charge is 2.15. The van der Waals surface area contributed by atoms with Crippen molar-refractivity contribution in [3.05, 3.63) is 10.6 Å². The second-order valence-electron chi connectivity index (χ2n) is 3.88. The molecule has 1 aromatic rings. The molecule has 0 aliphatic heterocycles. The van der Waals surface area contributed by atoms with E-state index in [1.54, 1.807) is 21.0 Å². The second-order valence-corrected chi connectivity index (χ2v) is 5.08.